The number of hydrogen-bond acceptors (Lipinski definition) is 4. The molecule has 0 atom stereocenters. The Morgan fingerprint density at radius 3 is 2.85 bits per heavy atom. The molecule has 0 bridgehead atoms. The number of rotatable bonds is 5. The fourth-order valence-electron chi connectivity index (χ4n) is 1.73. The van der Waals surface area contributed by atoms with Gasteiger partial charge in [-0.3, -0.25) is 18.7 Å². The van der Waals surface area contributed by atoms with Crippen LogP contribution in [0.1, 0.15) is 4.88 Å². The van der Waals surface area contributed by atoms with Crippen LogP contribution >= 0.6 is 11.3 Å². The third-order valence-corrected chi connectivity index (χ3v) is 3.78. The van der Waals surface area contributed by atoms with Gasteiger partial charge in [-0.2, -0.15) is 0 Å². The molecular formula is C13H15N3O3S. The Morgan fingerprint density at radius 1 is 1.35 bits per heavy atom. The first-order chi connectivity index (χ1) is 9.58. The minimum atomic E-state index is -0.495. The van der Waals surface area contributed by atoms with Gasteiger partial charge >= 0.3 is 5.69 Å². The monoisotopic (exact) mass is 293 g/mol. The van der Waals surface area contributed by atoms with Crippen LogP contribution in [0.25, 0.3) is 0 Å². The number of carbonyl (C=O) groups excluding carboxylic acids is 1. The molecule has 2 rings (SSSR count). The van der Waals surface area contributed by atoms with Crippen molar-refractivity contribution in [1.82, 2.24) is 14.5 Å². The van der Waals surface area contributed by atoms with E-state index in [0.29, 0.717) is 6.54 Å². The maximum absolute atomic E-state index is 11.7. The Labute approximate surface area is 119 Å². The lowest BCUT2D eigenvalue weighted by atomic mass is 10.3. The number of hydrogen-bond donors (Lipinski definition) is 1. The number of carbonyl (C=O) groups is 1. The molecule has 0 aliphatic rings. The molecule has 106 valence electrons. The second-order valence-corrected chi connectivity index (χ2v) is 5.34. The Bertz CT molecular complexity index is 700. The van der Waals surface area contributed by atoms with Crippen LogP contribution in [0.5, 0.6) is 0 Å². The maximum atomic E-state index is 11.7. The fourth-order valence-corrected chi connectivity index (χ4v) is 2.44. The Balaban J connectivity index is 1.90. The molecule has 7 heteroatoms. The SMILES string of the molecule is Cn1c(=O)ccn(CC(=O)NCCc2cccs2)c1=O. The zero-order valence-corrected chi connectivity index (χ0v) is 11.9. The zero-order chi connectivity index (χ0) is 14.5. The van der Waals surface area contributed by atoms with Gasteiger partial charge in [0.2, 0.25) is 5.91 Å². The van der Waals surface area contributed by atoms with E-state index in [4.69, 9.17) is 0 Å². The Kier molecular flexibility index (Phi) is 4.52. The minimum absolute atomic E-state index is 0.0859. The molecule has 0 spiro atoms. The van der Waals surface area contributed by atoms with Gasteiger partial charge < -0.3 is 5.32 Å². The summed E-state index contributed by atoms with van der Waals surface area (Å²) >= 11 is 1.64. The van der Waals surface area contributed by atoms with E-state index in [1.165, 1.54) is 28.8 Å². The summed E-state index contributed by atoms with van der Waals surface area (Å²) in [4.78, 5) is 35.9. The predicted molar refractivity (Wildman–Crippen MR) is 77.0 cm³/mol. The number of aromatic nitrogens is 2. The molecule has 2 aromatic heterocycles. The molecule has 0 fully saturated rings. The molecule has 0 aliphatic carbocycles. The van der Waals surface area contributed by atoms with Crippen LogP contribution in [0.15, 0.2) is 39.4 Å². The summed E-state index contributed by atoms with van der Waals surface area (Å²) in [5.41, 5.74) is -0.879. The summed E-state index contributed by atoms with van der Waals surface area (Å²) in [6, 6.07) is 5.24. The van der Waals surface area contributed by atoms with Crippen molar-refractivity contribution in [2.24, 2.45) is 7.05 Å². The van der Waals surface area contributed by atoms with Crippen LogP contribution in [0.4, 0.5) is 0 Å². The van der Waals surface area contributed by atoms with E-state index in [1.807, 2.05) is 17.5 Å². The van der Waals surface area contributed by atoms with Gasteiger partial charge in [0, 0.05) is 30.7 Å². The topological polar surface area (TPSA) is 73.1 Å². The zero-order valence-electron chi connectivity index (χ0n) is 11.0. The van der Waals surface area contributed by atoms with E-state index in [2.05, 4.69) is 5.32 Å². The molecule has 0 saturated heterocycles. The third-order valence-electron chi connectivity index (χ3n) is 2.85. The van der Waals surface area contributed by atoms with Crippen molar-refractivity contribution in [2.45, 2.75) is 13.0 Å². The quantitative estimate of drug-likeness (QED) is 0.841. The normalized spacial score (nSPS) is 10.4. The summed E-state index contributed by atoms with van der Waals surface area (Å²) in [7, 11) is 1.38. The van der Waals surface area contributed by atoms with Crippen molar-refractivity contribution in [3.63, 3.8) is 0 Å². The first kappa shape index (κ1) is 14.3. The van der Waals surface area contributed by atoms with Crippen molar-refractivity contribution < 1.29 is 4.79 Å². The molecule has 2 heterocycles. The van der Waals surface area contributed by atoms with Crippen LogP contribution in [0, 0.1) is 0 Å². The highest BCUT2D eigenvalue weighted by Gasteiger charge is 2.06. The highest BCUT2D eigenvalue weighted by atomic mass is 32.1. The number of amides is 1. The molecule has 0 aliphatic heterocycles. The highest BCUT2D eigenvalue weighted by molar-refractivity contribution is 7.09. The standard InChI is InChI=1S/C13H15N3O3S/c1-15-12(18)5-7-16(13(15)19)9-11(17)14-6-4-10-3-2-8-20-10/h2-3,5,7-8H,4,6,9H2,1H3,(H,14,17). The molecule has 1 amide bonds. The van der Waals surface area contributed by atoms with Crippen molar-refractivity contribution in [1.29, 1.82) is 0 Å². The second-order valence-electron chi connectivity index (χ2n) is 4.30. The summed E-state index contributed by atoms with van der Waals surface area (Å²) in [6.45, 7) is 0.442. The largest absolute Gasteiger partial charge is 0.354 e. The third kappa shape index (κ3) is 3.45. The maximum Gasteiger partial charge on any atom is 0.331 e. The van der Waals surface area contributed by atoms with Gasteiger partial charge in [0.1, 0.15) is 6.54 Å². The first-order valence-electron chi connectivity index (χ1n) is 6.13. The number of thiophene rings is 1. The Morgan fingerprint density at radius 2 is 2.15 bits per heavy atom. The molecule has 0 radical (unpaired) electrons. The lowest BCUT2D eigenvalue weighted by Crippen LogP contribution is -2.40. The second kappa shape index (κ2) is 6.33. The van der Waals surface area contributed by atoms with Crippen molar-refractivity contribution in [3.8, 4) is 0 Å². The van der Waals surface area contributed by atoms with E-state index < -0.39 is 5.69 Å². The van der Waals surface area contributed by atoms with Crippen LogP contribution < -0.4 is 16.6 Å². The van der Waals surface area contributed by atoms with Gasteiger partial charge in [0.15, 0.2) is 0 Å². The summed E-state index contributed by atoms with van der Waals surface area (Å²) in [5, 5.41) is 4.74. The Hall–Kier alpha value is -2.15. The molecule has 0 saturated carbocycles. The summed E-state index contributed by atoms with van der Waals surface area (Å²) < 4.78 is 2.18. The van der Waals surface area contributed by atoms with E-state index in [-0.39, 0.29) is 18.0 Å². The highest BCUT2D eigenvalue weighted by Crippen LogP contribution is 2.07. The van der Waals surface area contributed by atoms with Gasteiger partial charge in [0.05, 0.1) is 0 Å². The molecule has 2 aromatic rings. The van der Waals surface area contributed by atoms with E-state index >= 15 is 0 Å². The van der Waals surface area contributed by atoms with E-state index in [9.17, 15) is 14.4 Å². The lowest BCUT2D eigenvalue weighted by molar-refractivity contribution is -0.121. The summed E-state index contributed by atoms with van der Waals surface area (Å²) in [6.07, 6.45) is 2.11. The molecule has 1 N–H and O–H groups in total. The minimum Gasteiger partial charge on any atom is -0.354 e. The molecule has 0 aromatic carbocycles. The first-order valence-corrected chi connectivity index (χ1v) is 7.01. The van der Waals surface area contributed by atoms with Gasteiger partial charge in [0.25, 0.3) is 5.56 Å². The number of nitrogens with zero attached hydrogens (tertiary/aromatic N) is 2. The molecule has 6 nitrogen and oxygen atoms in total. The van der Waals surface area contributed by atoms with Crippen LogP contribution in [0.3, 0.4) is 0 Å². The fraction of sp³-hybridized carbons (Fsp3) is 0.308. The van der Waals surface area contributed by atoms with Crippen molar-refractivity contribution in [2.75, 3.05) is 6.54 Å². The van der Waals surface area contributed by atoms with Crippen LogP contribution in [-0.2, 0) is 24.8 Å². The van der Waals surface area contributed by atoms with E-state index in [1.54, 1.807) is 11.3 Å². The van der Waals surface area contributed by atoms with E-state index in [0.717, 1.165) is 11.0 Å². The van der Waals surface area contributed by atoms with Crippen molar-refractivity contribution >= 4 is 17.2 Å². The lowest BCUT2D eigenvalue weighted by Gasteiger charge is -2.07. The number of nitrogens with one attached hydrogen (secondary N) is 1. The molecule has 0 unspecified atom stereocenters. The van der Waals surface area contributed by atoms with Crippen molar-refractivity contribution in [3.05, 3.63) is 55.5 Å². The molecule has 20 heavy (non-hydrogen) atoms. The average molecular weight is 293 g/mol. The smallest absolute Gasteiger partial charge is 0.331 e. The van der Waals surface area contributed by atoms with Crippen LogP contribution in [0.2, 0.25) is 0 Å². The summed E-state index contributed by atoms with van der Waals surface area (Å²) in [5.74, 6) is -0.248. The van der Waals surface area contributed by atoms with Gasteiger partial charge in [-0.05, 0) is 17.9 Å². The van der Waals surface area contributed by atoms with Gasteiger partial charge in [-0.15, -0.1) is 11.3 Å². The molecular weight excluding hydrogens is 278 g/mol. The predicted octanol–water partition coefficient (Wildman–Crippen LogP) is -0.0326. The average Bonchev–Trinajstić information content (AvgIpc) is 2.93. The van der Waals surface area contributed by atoms with Crippen LogP contribution in [-0.4, -0.2) is 21.6 Å². The van der Waals surface area contributed by atoms with Gasteiger partial charge in [-0.25, -0.2) is 4.79 Å². The van der Waals surface area contributed by atoms with Gasteiger partial charge in [-0.1, -0.05) is 6.07 Å².